The van der Waals surface area contributed by atoms with Crippen molar-refractivity contribution in [3.8, 4) is 0 Å². The fraction of sp³-hybridized carbons (Fsp3) is 0.250. The number of nitrogens with zero attached hydrogens (tertiary/aromatic N) is 2. The number of ketones is 1. The highest BCUT2D eigenvalue weighted by Crippen LogP contribution is 2.36. The van der Waals surface area contributed by atoms with Gasteiger partial charge in [-0.2, -0.15) is 0 Å². The summed E-state index contributed by atoms with van der Waals surface area (Å²) in [6.07, 6.45) is 2.42. The van der Waals surface area contributed by atoms with E-state index >= 15 is 0 Å². The normalized spacial score (nSPS) is 13.4. The van der Waals surface area contributed by atoms with Crippen LogP contribution in [0.5, 0.6) is 0 Å². The van der Waals surface area contributed by atoms with Crippen molar-refractivity contribution < 1.29 is 14.7 Å². The number of pyridine rings is 1. The first-order valence-electron chi connectivity index (χ1n) is 7.38. The van der Waals surface area contributed by atoms with Crippen LogP contribution in [-0.2, 0) is 11.2 Å². The number of rotatable bonds is 4. The molecule has 0 bridgehead atoms. The van der Waals surface area contributed by atoms with E-state index in [4.69, 9.17) is 0 Å². The van der Waals surface area contributed by atoms with Gasteiger partial charge in [0.15, 0.2) is 10.9 Å². The second kappa shape index (κ2) is 6.40. The Hall–Kier alpha value is -2.74. The number of hydrogen-bond donors (Lipinski definition) is 3. The van der Waals surface area contributed by atoms with E-state index in [1.165, 1.54) is 24.5 Å². The molecule has 1 aliphatic carbocycles. The predicted octanol–water partition coefficient (Wildman–Crippen LogP) is 2.64. The smallest absolute Gasteiger partial charge is 0.223 e. The van der Waals surface area contributed by atoms with E-state index in [1.54, 1.807) is 19.2 Å². The molecule has 0 unspecified atom stereocenters. The molecule has 0 fully saturated rings. The van der Waals surface area contributed by atoms with Crippen LogP contribution in [0.25, 0.3) is 5.76 Å². The van der Waals surface area contributed by atoms with E-state index in [1.807, 2.05) is 0 Å². The van der Waals surface area contributed by atoms with Gasteiger partial charge in [0.1, 0.15) is 11.6 Å². The number of hydrogen-bond acceptors (Lipinski definition) is 7. The van der Waals surface area contributed by atoms with Crippen molar-refractivity contribution in [2.75, 3.05) is 17.7 Å². The zero-order valence-corrected chi connectivity index (χ0v) is 14.0. The molecule has 2 heterocycles. The Morgan fingerprint density at radius 3 is 2.71 bits per heavy atom. The molecule has 0 spiro atoms. The summed E-state index contributed by atoms with van der Waals surface area (Å²) in [5.74, 6) is 0.130. The number of aliphatic hydroxyl groups is 1. The van der Waals surface area contributed by atoms with E-state index in [2.05, 4.69) is 20.6 Å². The number of aliphatic hydroxyl groups excluding tert-OH is 1. The summed E-state index contributed by atoms with van der Waals surface area (Å²) in [5.41, 5.74) is 1.46. The third kappa shape index (κ3) is 3.00. The Labute approximate surface area is 142 Å². The molecule has 2 aromatic heterocycles. The lowest BCUT2D eigenvalue weighted by Gasteiger charge is -2.14. The average Bonchev–Trinajstić information content (AvgIpc) is 2.97. The maximum atomic E-state index is 12.6. The minimum Gasteiger partial charge on any atom is -0.506 e. The summed E-state index contributed by atoms with van der Waals surface area (Å²) >= 11 is 1.17. The minimum atomic E-state index is -0.247. The molecule has 1 aliphatic rings. The summed E-state index contributed by atoms with van der Waals surface area (Å²) in [7, 11) is 1.75. The van der Waals surface area contributed by atoms with E-state index < -0.39 is 0 Å². The van der Waals surface area contributed by atoms with Crippen LogP contribution in [0.3, 0.4) is 0 Å². The summed E-state index contributed by atoms with van der Waals surface area (Å²) in [6.45, 7) is 1.40. The van der Waals surface area contributed by atoms with E-state index in [-0.39, 0.29) is 17.4 Å². The van der Waals surface area contributed by atoms with Crippen molar-refractivity contribution in [3.05, 3.63) is 40.0 Å². The lowest BCUT2D eigenvalue weighted by atomic mass is 9.93. The van der Waals surface area contributed by atoms with Gasteiger partial charge in [0.25, 0.3) is 0 Å². The number of fused-ring (bicyclic) bond motifs is 1. The molecular formula is C16H16N4O3S. The summed E-state index contributed by atoms with van der Waals surface area (Å²) < 4.78 is 0. The molecule has 0 aromatic carbocycles. The Kier molecular flexibility index (Phi) is 4.30. The second-order valence-electron chi connectivity index (χ2n) is 5.31. The van der Waals surface area contributed by atoms with Crippen molar-refractivity contribution in [2.24, 2.45) is 0 Å². The van der Waals surface area contributed by atoms with Crippen LogP contribution in [0.15, 0.2) is 23.9 Å². The third-order valence-electron chi connectivity index (χ3n) is 3.65. The number of nitrogens with one attached hydrogen (secondary N) is 2. The van der Waals surface area contributed by atoms with Gasteiger partial charge in [-0.05, 0) is 25.0 Å². The Morgan fingerprint density at radius 2 is 2.08 bits per heavy atom. The first-order valence-corrected chi connectivity index (χ1v) is 8.19. The molecule has 24 heavy (non-hydrogen) atoms. The van der Waals surface area contributed by atoms with Gasteiger partial charge < -0.3 is 15.7 Å². The van der Waals surface area contributed by atoms with Gasteiger partial charge in [0, 0.05) is 31.3 Å². The van der Waals surface area contributed by atoms with Crippen LogP contribution in [0.1, 0.15) is 34.3 Å². The van der Waals surface area contributed by atoms with Crippen molar-refractivity contribution >= 4 is 39.7 Å². The van der Waals surface area contributed by atoms with Crippen LogP contribution >= 0.6 is 11.3 Å². The highest BCUT2D eigenvalue weighted by Gasteiger charge is 2.27. The standard InChI is InChI=1S/C16H16N4O3S/c1-8(21)19-16-20-11-5-4-10(14(23)15(11)24-16)13(22)9-3-6-12(17-2)18-7-9/h3,6-7,23H,4-5H2,1-2H3,(H,17,18)(H,19,20,21). The van der Waals surface area contributed by atoms with Gasteiger partial charge in [-0.25, -0.2) is 9.97 Å². The number of anilines is 2. The zero-order valence-electron chi connectivity index (χ0n) is 13.2. The fourth-order valence-electron chi connectivity index (χ4n) is 2.48. The SMILES string of the molecule is CNc1ccc(C(=O)C2=C(O)c3sc(NC(C)=O)nc3CC2)cn1. The number of amides is 1. The molecule has 8 heteroatoms. The topological polar surface area (TPSA) is 104 Å². The van der Waals surface area contributed by atoms with Crippen molar-refractivity contribution in [1.82, 2.24) is 9.97 Å². The van der Waals surface area contributed by atoms with Crippen LogP contribution in [-0.4, -0.2) is 33.8 Å². The summed E-state index contributed by atoms with van der Waals surface area (Å²) in [5, 5.41) is 16.4. The van der Waals surface area contributed by atoms with Crippen LogP contribution in [0.2, 0.25) is 0 Å². The number of carbonyl (C=O) groups is 2. The largest absolute Gasteiger partial charge is 0.506 e. The van der Waals surface area contributed by atoms with E-state index in [9.17, 15) is 14.7 Å². The summed E-state index contributed by atoms with van der Waals surface area (Å²) in [6, 6.07) is 3.38. The van der Waals surface area contributed by atoms with Gasteiger partial charge >= 0.3 is 0 Å². The molecule has 7 nitrogen and oxygen atoms in total. The highest BCUT2D eigenvalue weighted by molar-refractivity contribution is 7.16. The molecule has 0 saturated heterocycles. The Morgan fingerprint density at radius 1 is 1.29 bits per heavy atom. The molecule has 0 atom stereocenters. The van der Waals surface area contributed by atoms with Crippen molar-refractivity contribution in [3.63, 3.8) is 0 Å². The van der Waals surface area contributed by atoms with Crippen LogP contribution in [0, 0.1) is 0 Å². The molecule has 3 N–H and O–H groups in total. The number of thiazole rings is 1. The zero-order chi connectivity index (χ0) is 17.3. The average molecular weight is 344 g/mol. The first-order chi connectivity index (χ1) is 11.5. The number of carbonyl (C=O) groups excluding carboxylic acids is 2. The molecule has 0 radical (unpaired) electrons. The molecule has 2 aromatic rings. The maximum Gasteiger partial charge on any atom is 0.223 e. The van der Waals surface area contributed by atoms with E-state index in [0.29, 0.717) is 45.5 Å². The molecule has 0 aliphatic heterocycles. The van der Waals surface area contributed by atoms with Gasteiger partial charge in [-0.3, -0.25) is 9.59 Å². The van der Waals surface area contributed by atoms with Gasteiger partial charge in [-0.1, -0.05) is 11.3 Å². The van der Waals surface area contributed by atoms with Gasteiger partial charge in [0.2, 0.25) is 5.91 Å². The highest BCUT2D eigenvalue weighted by atomic mass is 32.1. The number of aryl methyl sites for hydroxylation is 1. The molecular weight excluding hydrogens is 328 g/mol. The Bertz CT molecular complexity index is 840. The quantitative estimate of drug-likeness (QED) is 0.737. The number of Topliss-reactive ketones (excluding diaryl/α,β-unsaturated/α-hetero) is 1. The van der Waals surface area contributed by atoms with Crippen molar-refractivity contribution in [2.45, 2.75) is 19.8 Å². The lowest BCUT2D eigenvalue weighted by Crippen LogP contribution is -2.12. The predicted molar refractivity (Wildman–Crippen MR) is 92.4 cm³/mol. The molecule has 1 amide bonds. The lowest BCUT2D eigenvalue weighted by molar-refractivity contribution is -0.114. The Balaban J connectivity index is 1.92. The molecule has 124 valence electrons. The fourth-order valence-corrected chi connectivity index (χ4v) is 3.51. The monoisotopic (exact) mass is 344 g/mol. The number of allylic oxidation sites excluding steroid dienone is 1. The molecule has 0 saturated carbocycles. The van der Waals surface area contributed by atoms with E-state index in [0.717, 1.165) is 0 Å². The molecule has 3 rings (SSSR count). The van der Waals surface area contributed by atoms with Crippen LogP contribution < -0.4 is 10.6 Å². The van der Waals surface area contributed by atoms with Crippen LogP contribution in [0.4, 0.5) is 10.9 Å². The minimum absolute atomic E-state index is 0.0620. The van der Waals surface area contributed by atoms with Crippen molar-refractivity contribution in [1.29, 1.82) is 0 Å². The number of aromatic nitrogens is 2. The summed E-state index contributed by atoms with van der Waals surface area (Å²) in [4.78, 5) is 32.7. The third-order valence-corrected chi connectivity index (χ3v) is 4.67. The second-order valence-corrected chi connectivity index (χ2v) is 6.31. The van der Waals surface area contributed by atoms with Gasteiger partial charge in [0.05, 0.1) is 10.6 Å². The van der Waals surface area contributed by atoms with Gasteiger partial charge in [-0.15, -0.1) is 0 Å². The maximum absolute atomic E-state index is 12.6. The first kappa shape index (κ1) is 16.1.